The minimum Gasteiger partial charge on any atom is -0.395 e. The Morgan fingerprint density at radius 1 is 1.27 bits per heavy atom. The van der Waals surface area contributed by atoms with Crippen LogP contribution in [0, 0.1) is 0 Å². The monoisotopic (exact) mass is 216 g/mol. The molecule has 0 aromatic heterocycles. The first kappa shape index (κ1) is 14.2. The second kappa shape index (κ2) is 7.51. The maximum atomic E-state index is 12.0. The molecule has 2 amide bonds. The molecule has 0 spiro atoms. The Morgan fingerprint density at radius 3 is 2.13 bits per heavy atom. The molecular weight excluding hydrogens is 192 g/mol. The summed E-state index contributed by atoms with van der Waals surface area (Å²) in [5, 5.41) is 8.97. The van der Waals surface area contributed by atoms with Gasteiger partial charge in [-0.2, -0.15) is 0 Å². The van der Waals surface area contributed by atoms with Crippen LogP contribution < -0.4 is 0 Å². The topological polar surface area (TPSA) is 43.8 Å². The van der Waals surface area contributed by atoms with E-state index in [1.54, 1.807) is 16.8 Å². The summed E-state index contributed by atoms with van der Waals surface area (Å²) in [5.74, 6) is 0. The summed E-state index contributed by atoms with van der Waals surface area (Å²) in [5.41, 5.74) is 0. The molecule has 0 aliphatic rings. The van der Waals surface area contributed by atoms with E-state index in [1.165, 1.54) is 0 Å². The van der Waals surface area contributed by atoms with E-state index in [2.05, 4.69) is 13.8 Å². The number of carbonyl (C=O) groups excluding carboxylic acids is 1. The Morgan fingerprint density at radius 2 is 1.80 bits per heavy atom. The third-order valence-electron chi connectivity index (χ3n) is 2.77. The standard InChI is InChI=1S/C11H24N2O2/c1-5-10(6-2)13(8-9-14)11(15)12(4)7-3/h10,14H,5-9H2,1-4H3. The average molecular weight is 216 g/mol. The lowest BCUT2D eigenvalue weighted by Crippen LogP contribution is -2.47. The van der Waals surface area contributed by atoms with Crippen LogP contribution in [0.2, 0.25) is 0 Å². The van der Waals surface area contributed by atoms with Gasteiger partial charge in [-0.3, -0.25) is 0 Å². The quantitative estimate of drug-likeness (QED) is 0.732. The normalized spacial score (nSPS) is 10.5. The molecule has 0 aromatic rings. The Hall–Kier alpha value is -0.770. The molecule has 90 valence electrons. The number of hydrogen-bond donors (Lipinski definition) is 1. The van der Waals surface area contributed by atoms with E-state index >= 15 is 0 Å². The number of carbonyl (C=O) groups is 1. The zero-order valence-corrected chi connectivity index (χ0v) is 10.4. The first-order valence-electron chi connectivity index (χ1n) is 5.74. The highest BCUT2D eigenvalue weighted by atomic mass is 16.3. The highest BCUT2D eigenvalue weighted by Gasteiger charge is 2.22. The van der Waals surface area contributed by atoms with Gasteiger partial charge in [-0.1, -0.05) is 13.8 Å². The third-order valence-corrected chi connectivity index (χ3v) is 2.77. The summed E-state index contributed by atoms with van der Waals surface area (Å²) in [6, 6.07) is 0.249. The minimum absolute atomic E-state index is 0.0141. The van der Waals surface area contributed by atoms with Crippen LogP contribution in [0.4, 0.5) is 4.79 Å². The average Bonchev–Trinajstić information content (AvgIpc) is 2.27. The third kappa shape index (κ3) is 4.08. The first-order chi connectivity index (χ1) is 7.12. The largest absolute Gasteiger partial charge is 0.395 e. The predicted octanol–water partition coefficient (Wildman–Crippen LogP) is 1.54. The van der Waals surface area contributed by atoms with Crippen molar-refractivity contribution < 1.29 is 9.90 Å². The molecule has 0 aliphatic heterocycles. The highest BCUT2D eigenvalue weighted by Crippen LogP contribution is 2.10. The molecule has 0 radical (unpaired) electrons. The zero-order chi connectivity index (χ0) is 11.8. The lowest BCUT2D eigenvalue weighted by atomic mass is 10.1. The first-order valence-corrected chi connectivity index (χ1v) is 5.74. The molecule has 0 saturated heterocycles. The van der Waals surface area contributed by atoms with Gasteiger partial charge in [0.2, 0.25) is 0 Å². The highest BCUT2D eigenvalue weighted by molar-refractivity contribution is 5.74. The van der Waals surface area contributed by atoms with Crippen LogP contribution in [0.3, 0.4) is 0 Å². The summed E-state index contributed by atoms with van der Waals surface area (Å²) in [7, 11) is 1.79. The van der Waals surface area contributed by atoms with Crippen molar-refractivity contribution in [3.63, 3.8) is 0 Å². The molecule has 0 bridgehead atoms. The van der Waals surface area contributed by atoms with Gasteiger partial charge >= 0.3 is 6.03 Å². The maximum absolute atomic E-state index is 12.0. The van der Waals surface area contributed by atoms with Crippen molar-refractivity contribution in [2.75, 3.05) is 26.7 Å². The molecule has 0 aromatic carbocycles. The zero-order valence-electron chi connectivity index (χ0n) is 10.4. The van der Waals surface area contributed by atoms with Gasteiger partial charge in [0.15, 0.2) is 0 Å². The van der Waals surface area contributed by atoms with Crippen molar-refractivity contribution in [1.29, 1.82) is 0 Å². The van der Waals surface area contributed by atoms with E-state index in [0.717, 1.165) is 12.8 Å². The molecule has 0 saturated carbocycles. The van der Waals surface area contributed by atoms with Crippen molar-refractivity contribution in [3.8, 4) is 0 Å². The number of urea groups is 1. The minimum atomic E-state index is 0.0141. The van der Waals surface area contributed by atoms with Crippen molar-refractivity contribution in [2.45, 2.75) is 39.7 Å². The number of amides is 2. The van der Waals surface area contributed by atoms with Crippen LogP contribution in [0.15, 0.2) is 0 Å². The molecule has 4 nitrogen and oxygen atoms in total. The van der Waals surface area contributed by atoms with Gasteiger partial charge in [-0.15, -0.1) is 0 Å². The van der Waals surface area contributed by atoms with Crippen molar-refractivity contribution >= 4 is 6.03 Å². The van der Waals surface area contributed by atoms with Gasteiger partial charge < -0.3 is 14.9 Å². The predicted molar refractivity (Wildman–Crippen MR) is 61.9 cm³/mol. The number of hydrogen-bond acceptors (Lipinski definition) is 2. The van der Waals surface area contributed by atoms with E-state index in [4.69, 9.17) is 5.11 Å². The van der Waals surface area contributed by atoms with Crippen LogP contribution in [-0.2, 0) is 0 Å². The van der Waals surface area contributed by atoms with E-state index in [9.17, 15) is 4.79 Å². The van der Waals surface area contributed by atoms with Gasteiger partial charge in [-0.05, 0) is 19.8 Å². The second-order valence-corrected chi connectivity index (χ2v) is 3.68. The molecule has 0 aliphatic carbocycles. The Balaban J connectivity index is 4.55. The van der Waals surface area contributed by atoms with Crippen LogP contribution >= 0.6 is 0 Å². The van der Waals surface area contributed by atoms with Gasteiger partial charge in [0, 0.05) is 26.2 Å². The van der Waals surface area contributed by atoms with Crippen molar-refractivity contribution in [2.24, 2.45) is 0 Å². The summed E-state index contributed by atoms with van der Waals surface area (Å²) >= 11 is 0. The Labute approximate surface area is 92.9 Å². The van der Waals surface area contributed by atoms with Crippen molar-refractivity contribution in [3.05, 3.63) is 0 Å². The molecule has 0 rings (SSSR count). The van der Waals surface area contributed by atoms with Crippen LogP contribution in [0.5, 0.6) is 0 Å². The molecule has 4 heteroatoms. The maximum Gasteiger partial charge on any atom is 0.320 e. The summed E-state index contributed by atoms with van der Waals surface area (Å²) in [6.45, 7) is 7.23. The lowest BCUT2D eigenvalue weighted by Gasteiger charge is -2.33. The molecule has 0 heterocycles. The summed E-state index contributed by atoms with van der Waals surface area (Å²) < 4.78 is 0. The summed E-state index contributed by atoms with van der Waals surface area (Å²) in [6.07, 6.45) is 1.86. The molecule has 1 N–H and O–H groups in total. The van der Waals surface area contributed by atoms with E-state index < -0.39 is 0 Å². The van der Waals surface area contributed by atoms with Gasteiger partial charge in [0.1, 0.15) is 0 Å². The fourth-order valence-electron chi connectivity index (χ4n) is 1.63. The van der Waals surface area contributed by atoms with E-state index in [-0.39, 0.29) is 18.7 Å². The molecule has 0 atom stereocenters. The van der Waals surface area contributed by atoms with Crippen LogP contribution in [0.25, 0.3) is 0 Å². The molecule has 15 heavy (non-hydrogen) atoms. The smallest absolute Gasteiger partial charge is 0.320 e. The lowest BCUT2D eigenvalue weighted by molar-refractivity contribution is 0.123. The van der Waals surface area contributed by atoms with Crippen LogP contribution in [0.1, 0.15) is 33.6 Å². The molecular formula is C11H24N2O2. The van der Waals surface area contributed by atoms with E-state index in [0.29, 0.717) is 13.1 Å². The Kier molecular flexibility index (Phi) is 7.13. The molecule has 0 unspecified atom stereocenters. The second-order valence-electron chi connectivity index (χ2n) is 3.68. The van der Waals surface area contributed by atoms with Gasteiger partial charge in [0.05, 0.1) is 6.61 Å². The summed E-state index contributed by atoms with van der Waals surface area (Å²) in [4.78, 5) is 15.4. The number of nitrogens with zero attached hydrogens (tertiary/aromatic N) is 2. The number of rotatable bonds is 6. The fourth-order valence-corrected chi connectivity index (χ4v) is 1.63. The SMILES string of the molecule is CCC(CC)N(CCO)C(=O)N(C)CC. The van der Waals surface area contributed by atoms with Gasteiger partial charge in [-0.25, -0.2) is 4.79 Å². The fraction of sp³-hybridized carbons (Fsp3) is 0.909. The number of aliphatic hydroxyl groups is 1. The van der Waals surface area contributed by atoms with Crippen LogP contribution in [-0.4, -0.2) is 53.7 Å². The van der Waals surface area contributed by atoms with E-state index in [1.807, 2.05) is 6.92 Å². The molecule has 0 fully saturated rings. The van der Waals surface area contributed by atoms with Gasteiger partial charge in [0.25, 0.3) is 0 Å². The van der Waals surface area contributed by atoms with Crippen molar-refractivity contribution in [1.82, 2.24) is 9.80 Å². The Bertz CT molecular complexity index is 181. The number of aliphatic hydroxyl groups excluding tert-OH is 1.